The van der Waals surface area contributed by atoms with Gasteiger partial charge in [-0.05, 0) is 18.1 Å². The number of rotatable bonds is 5. The summed E-state index contributed by atoms with van der Waals surface area (Å²) >= 11 is 0. The number of nitrogens with two attached hydrogens (primary N) is 1. The van der Waals surface area contributed by atoms with Crippen molar-refractivity contribution in [3.63, 3.8) is 0 Å². The van der Waals surface area contributed by atoms with E-state index in [0.29, 0.717) is 0 Å². The molecule has 15 heavy (non-hydrogen) atoms. The molecule has 2 atom stereocenters. The topological polar surface area (TPSA) is 76.2 Å². The standard InChI is InChI=1S/C11H16N2O2/c1-2-10(12)9(6-11(14)15)8-4-3-5-13-7-8/h3-5,7,9-10H,2,6,12H2,1H3,(H,14,15). The first-order valence-corrected chi connectivity index (χ1v) is 5.02. The maximum atomic E-state index is 10.7. The van der Waals surface area contributed by atoms with Crippen LogP contribution in [-0.2, 0) is 4.79 Å². The number of nitrogens with zero attached hydrogens (tertiary/aromatic N) is 1. The van der Waals surface area contributed by atoms with Gasteiger partial charge in [-0.2, -0.15) is 0 Å². The van der Waals surface area contributed by atoms with Crippen molar-refractivity contribution in [2.24, 2.45) is 5.73 Å². The van der Waals surface area contributed by atoms with Crippen LogP contribution in [0.4, 0.5) is 0 Å². The molecule has 0 saturated carbocycles. The van der Waals surface area contributed by atoms with Crippen molar-refractivity contribution in [3.05, 3.63) is 30.1 Å². The molecule has 1 aromatic rings. The van der Waals surface area contributed by atoms with Crippen LogP contribution in [0.2, 0.25) is 0 Å². The van der Waals surface area contributed by atoms with E-state index in [-0.39, 0.29) is 18.4 Å². The fourth-order valence-electron chi connectivity index (χ4n) is 1.58. The summed E-state index contributed by atoms with van der Waals surface area (Å²) < 4.78 is 0. The zero-order valence-electron chi connectivity index (χ0n) is 8.76. The maximum Gasteiger partial charge on any atom is 0.304 e. The van der Waals surface area contributed by atoms with Gasteiger partial charge < -0.3 is 10.8 Å². The smallest absolute Gasteiger partial charge is 0.304 e. The van der Waals surface area contributed by atoms with E-state index in [4.69, 9.17) is 10.8 Å². The van der Waals surface area contributed by atoms with E-state index in [1.807, 2.05) is 13.0 Å². The first-order valence-electron chi connectivity index (χ1n) is 5.02. The van der Waals surface area contributed by atoms with Gasteiger partial charge in [-0.3, -0.25) is 9.78 Å². The van der Waals surface area contributed by atoms with Crippen LogP contribution in [0.3, 0.4) is 0 Å². The molecule has 0 amide bonds. The first kappa shape index (κ1) is 11.7. The van der Waals surface area contributed by atoms with Gasteiger partial charge in [0.25, 0.3) is 0 Å². The third kappa shape index (κ3) is 3.32. The Labute approximate surface area is 89.1 Å². The van der Waals surface area contributed by atoms with Crippen molar-refractivity contribution >= 4 is 5.97 Å². The molecule has 0 bridgehead atoms. The van der Waals surface area contributed by atoms with E-state index in [2.05, 4.69) is 4.98 Å². The zero-order chi connectivity index (χ0) is 11.3. The lowest BCUT2D eigenvalue weighted by Crippen LogP contribution is -2.29. The van der Waals surface area contributed by atoms with Crippen molar-refractivity contribution in [2.45, 2.75) is 31.7 Å². The molecule has 0 fully saturated rings. The number of aromatic nitrogens is 1. The third-order valence-electron chi connectivity index (χ3n) is 2.50. The Bertz CT molecular complexity index is 314. The van der Waals surface area contributed by atoms with Crippen LogP contribution in [0, 0.1) is 0 Å². The van der Waals surface area contributed by atoms with Crippen molar-refractivity contribution in [3.8, 4) is 0 Å². The van der Waals surface area contributed by atoms with E-state index >= 15 is 0 Å². The molecule has 4 heteroatoms. The van der Waals surface area contributed by atoms with Crippen LogP contribution >= 0.6 is 0 Å². The highest BCUT2D eigenvalue weighted by molar-refractivity contribution is 5.68. The predicted molar refractivity (Wildman–Crippen MR) is 57.5 cm³/mol. The molecule has 0 radical (unpaired) electrons. The summed E-state index contributed by atoms with van der Waals surface area (Å²) in [6.45, 7) is 1.95. The van der Waals surface area contributed by atoms with Crippen LogP contribution in [0.5, 0.6) is 0 Å². The Hall–Kier alpha value is -1.42. The Morgan fingerprint density at radius 1 is 1.67 bits per heavy atom. The van der Waals surface area contributed by atoms with Crippen LogP contribution in [0.1, 0.15) is 31.2 Å². The van der Waals surface area contributed by atoms with Gasteiger partial charge in [0.1, 0.15) is 0 Å². The lowest BCUT2D eigenvalue weighted by atomic mass is 9.89. The van der Waals surface area contributed by atoms with Gasteiger partial charge in [0.15, 0.2) is 0 Å². The van der Waals surface area contributed by atoms with Gasteiger partial charge in [-0.1, -0.05) is 13.0 Å². The molecule has 1 rings (SSSR count). The van der Waals surface area contributed by atoms with E-state index in [0.717, 1.165) is 12.0 Å². The second-order valence-corrected chi connectivity index (χ2v) is 3.56. The summed E-state index contributed by atoms with van der Waals surface area (Å²) in [4.78, 5) is 14.7. The van der Waals surface area contributed by atoms with E-state index in [9.17, 15) is 4.79 Å². The molecule has 82 valence electrons. The van der Waals surface area contributed by atoms with Crippen molar-refractivity contribution in [1.82, 2.24) is 4.98 Å². The average Bonchev–Trinajstić information content (AvgIpc) is 2.26. The fraction of sp³-hybridized carbons (Fsp3) is 0.455. The minimum Gasteiger partial charge on any atom is -0.481 e. The van der Waals surface area contributed by atoms with Gasteiger partial charge >= 0.3 is 5.97 Å². The molecule has 0 aliphatic heterocycles. The van der Waals surface area contributed by atoms with Crippen LogP contribution < -0.4 is 5.73 Å². The number of pyridine rings is 1. The Morgan fingerprint density at radius 2 is 2.40 bits per heavy atom. The second kappa shape index (κ2) is 5.46. The highest BCUT2D eigenvalue weighted by atomic mass is 16.4. The number of aliphatic carboxylic acids is 1. The number of hydrogen-bond donors (Lipinski definition) is 2. The molecular formula is C11H16N2O2. The minimum absolute atomic E-state index is 0.0562. The summed E-state index contributed by atoms with van der Waals surface area (Å²) in [5, 5.41) is 8.81. The molecule has 4 nitrogen and oxygen atoms in total. The SMILES string of the molecule is CCC(N)C(CC(=O)O)c1cccnc1. The Morgan fingerprint density at radius 3 is 2.87 bits per heavy atom. The lowest BCUT2D eigenvalue weighted by Gasteiger charge is -2.21. The van der Waals surface area contributed by atoms with Gasteiger partial charge in [-0.15, -0.1) is 0 Å². The number of carboxylic acids is 1. The van der Waals surface area contributed by atoms with Crippen molar-refractivity contribution in [1.29, 1.82) is 0 Å². The molecular weight excluding hydrogens is 192 g/mol. The third-order valence-corrected chi connectivity index (χ3v) is 2.50. The molecule has 0 aliphatic carbocycles. The molecule has 0 aliphatic rings. The quantitative estimate of drug-likeness (QED) is 0.766. The molecule has 0 aromatic carbocycles. The monoisotopic (exact) mass is 208 g/mol. The van der Waals surface area contributed by atoms with Crippen molar-refractivity contribution < 1.29 is 9.90 Å². The summed E-state index contributed by atoms with van der Waals surface area (Å²) in [5.41, 5.74) is 6.80. The molecule has 1 heterocycles. The highest BCUT2D eigenvalue weighted by Crippen LogP contribution is 2.23. The summed E-state index contributed by atoms with van der Waals surface area (Å²) in [7, 11) is 0. The highest BCUT2D eigenvalue weighted by Gasteiger charge is 2.21. The normalized spacial score (nSPS) is 14.5. The Kier molecular flexibility index (Phi) is 4.24. The number of carbonyl (C=O) groups is 1. The fourth-order valence-corrected chi connectivity index (χ4v) is 1.58. The summed E-state index contributed by atoms with van der Waals surface area (Å²) in [6, 6.07) is 3.54. The van der Waals surface area contributed by atoms with Crippen LogP contribution in [-0.4, -0.2) is 22.1 Å². The van der Waals surface area contributed by atoms with E-state index < -0.39 is 5.97 Å². The summed E-state index contributed by atoms with van der Waals surface area (Å²) in [5.74, 6) is -0.978. The molecule has 0 saturated heterocycles. The second-order valence-electron chi connectivity index (χ2n) is 3.56. The first-order chi connectivity index (χ1) is 7.15. The minimum atomic E-state index is -0.826. The zero-order valence-corrected chi connectivity index (χ0v) is 8.76. The molecule has 2 unspecified atom stereocenters. The van der Waals surface area contributed by atoms with E-state index in [1.165, 1.54) is 0 Å². The number of carboxylic acid groups (broad SMARTS) is 1. The molecule has 0 spiro atoms. The van der Waals surface area contributed by atoms with Crippen molar-refractivity contribution in [2.75, 3.05) is 0 Å². The van der Waals surface area contributed by atoms with Gasteiger partial charge in [-0.25, -0.2) is 0 Å². The average molecular weight is 208 g/mol. The summed E-state index contributed by atoms with van der Waals surface area (Å²) in [6.07, 6.45) is 4.16. The van der Waals surface area contributed by atoms with Gasteiger partial charge in [0.05, 0.1) is 6.42 Å². The van der Waals surface area contributed by atoms with Gasteiger partial charge in [0, 0.05) is 24.4 Å². The Balaban J connectivity index is 2.86. The molecule has 1 aromatic heterocycles. The lowest BCUT2D eigenvalue weighted by molar-refractivity contribution is -0.137. The van der Waals surface area contributed by atoms with Crippen LogP contribution in [0.25, 0.3) is 0 Å². The van der Waals surface area contributed by atoms with Gasteiger partial charge in [0.2, 0.25) is 0 Å². The number of hydrogen-bond acceptors (Lipinski definition) is 3. The van der Waals surface area contributed by atoms with Crippen LogP contribution in [0.15, 0.2) is 24.5 Å². The maximum absolute atomic E-state index is 10.7. The van der Waals surface area contributed by atoms with E-state index in [1.54, 1.807) is 18.5 Å². The largest absolute Gasteiger partial charge is 0.481 e. The molecule has 3 N–H and O–H groups in total. The predicted octanol–water partition coefficient (Wildman–Crippen LogP) is 1.38.